The smallest absolute Gasteiger partial charge is 0.355 e. The van der Waals surface area contributed by atoms with E-state index >= 15 is 0 Å². The summed E-state index contributed by atoms with van der Waals surface area (Å²) in [6.45, 7) is 4.94. The predicted molar refractivity (Wildman–Crippen MR) is 62.8 cm³/mol. The topological polar surface area (TPSA) is 62.9 Å². The zero-order chi connectivity index (χ0) is 11.9. The fourth-order valence-electron chi connectivity index (χ4n) is 1.19. The lowest BCUT2D eigenvalue weighted by molar-refractivity contribution is -0.00556. The van der Waals surface area contributed by atoms with Gasteiger partial charge >= 0.3 is 9.05 Å². The van der Waals surface area contributed by atoms with Gasteiger partial charge in [-0.25, -0.2) is 0 Å². The van der Waals surface area contributed by atoms with Crippen LogP contribution in [0, 0.1) is 0 Å². The molecule has 0 saturated carbocycles. The molecular formula is C8H22NO4Si2. The van der Waals surface area contributed by atoms with Crippen molar-refractivity contribution in [2.24, 2.45) is 5.73 Å². The van der Waals surface area contributed by atoms with Crippen LogP contribution in [0.3, 0.4) is 0 Å². The Morgan fingerprint density at radius 2 is 1.60 bits per heavy atom. The van der Waals surface area contributed by atoms with E-state index in [0.717, 1.165) is 6.42 Å². The molecule has 0 aliphatic heterocycles. The highest BCUT2D eigenvalue weighted by atomic mass is 28.4. The molecule has 1 unspecified atom stereocenters. The Balaban J connectivity index is 4.45. The van der Waals surface area contributed by atoms with Gasteiger partial charge in [-0.15, -0.1) is 0 Å². The molecule has 91 valence electrons. The maximum Gasteiger partial charge on any atom is 0.678 e. The summed E-state index contributed by atoms with van der Waals surface area (Å²) in [5.74, 6) is 0. The van der Waals surface area contributed by atoms with Crippen LogP contribution in [0.4, 0.5) is 0 Å². The SMILES string of the molecule is CO[Si](OC)(OC)OC(CCN)[Si](C)C. The Morgan fingerprint density at radius 3 is 1.87 bits per heavy atom. The van der Waals surface area contributed by atoms with Crippen LogP contribution >= 0.6 is 0 Å². The third-order valence-electron chi connectivity index (χ3n) is 2.11. The van der Waals surface area contributed by atoms with E-state index in [0.29, 0.717) is 6.54 Å². The van der Waals surface area contributed by atoms with Gasteiger partial charge in [-0.2, -0.15) is 0 Å². The maximum atomic E-state index is 5.83. The highest BCUT2D eigenvalue weighted by Crippen LogP contribution is 2.15. The van der Waals surface area contributed by atoms with Crippen LogP contribution in [0.15, 0.2) is 0 Å². The van der Waals surface area contributed by atoms with Crippen LogP contribution in [0.2, 0.25) is 13.1 Å². The van der Waals surface area contributed by atoms with E-state index in [9.17, 15) is 0 Å². The van der Waals surface area contributed by atoms with Gasteiger partial charge in [0.2, 0.25) is 0 Å². The Morgan fingerprint density at radius 1 is 1.13 bits per heavy atom. The predicted octanol–water partition coefficient (Wildman–Crippen LogP) is 0.389. The van der Waals surface area contributed by atoms with E-state index < -0.39 is 17.8 Å². The van der Waals surface area contributed by atoms with Crippen LogP contribution in [0.25, 0.3) is 0 Å². The summed E-state index contributed by atoms with van der Waals surface area (Å²) in [7, 11) is 1.10. The van der Waals surface area contributed by atoms with E-state index in [1.54, 1.807) is 0 Å². The zero-order valence-corrected chi connectivity index (χ0v) is 12.2. The van der Waals surface area contributed by atoms with Crippen molar-refractivity contribution in [3.8, 4) is 0 Å². The van der Waals surface area contributed by atoms with Crippen molar-refractivity contribution in [1.82, 2.24) is 0 Å². The third-order valence-corrected chi connectivity index (χ3v) is 6.11. The van der Waals surface area contributed by atoms with Crippen molar-refractivity contribution in [2.45, 2.75) is 25.2 Å². The first-order valence-electron chi connectivity index (χ1n) is 4.88. The van der Waals surface area contributed by atoms with Crippen molar-refractivity contribution in [3.05, 3.63) is 0 Å². The lowest BCUT2D eigenvalue weighted by Gasteiger charge is -2.29. The van der Waals surface area contributed by atoms with E-state index in [1.165, 1.54) is 21.3 Å². The molecule has 0 bridgehead atoms. The van der Waals surface area contributed by atoms with Gasteiger partial charge in [-0.05, 0) is 13.0 Å². The number of rotatable bonds is 8. The minimum absolute atomic E-state index is 0.103. The standard InChI is InChI=1S/C8H22NO4Si2/c1-10-15(11-2,12-3)13-8(6-7-9)14(4)5/h8H,6-7,9H2,1-5H3. The molecule has 0 fully saturated rings. The first-order chi connectivity index (χ1) is 7.05. The Bertz CT molecular complexity index is 158. The highest BCUT2D eigenvalue weighted by Gasteiger charge is 2.45. The normalized spacial score (nSPS) is 14.6. The second-order valence-electron chi connectivity index (χ2n) is 3.37. The van der Waals surface area contributed by atoms with Crippen LogP contribution in [-0.4, -0.2) is 51.4 Å². The first kappa shape index (κ1) is 15.2. The van der Waals surface area contributed by atoms with Gasteiger partial charge in [-0.1, -0.05) is 13.1 Å². The van der Waals surface area contributed by atoms with Crippen molar-refractivity contribution in [2.75, 3.05) is 27.9 Å². The fourth-order valence-corrected chi connectivity index (χ4v) is 4.56. The molecule has 0 aromatic rings. The minimum Gasteiger partial charge on any atom is -0.355 e. The quantitative estimate of drug-likeness (QED) is 0.633. The lowest BCUT2D eigenvalue weighted by atomic mass is 10.5. The minimum atomic E-state index is -2.91. The van der Waals surface area contributed by atoms with Gasteiger partial charge in [0.1, 0.15) is 0 Å². The molecule has 2 N–H and O–H groups in total. The van der Waals surface area contributed by atoms with Gasteiger partial charge in [0, 0.05) is 27.1 Å². The molecule has 0 aliphatic carbocycles. The molecule has 0 aromatic heterocycles. The summed E-state index contributed by atoms with van der Waals surface area (Å²) >= 11 is 0. The van der Waals surface area contributed by atoms with Gasteiger partial charge in [0.25, 0.3) is 0 Å². The second kappa shape index (κ2) is 7.50. The molecule has 0 spiro atoms. The Hall–Kier alpha value is 0.234. The fraction of sp³-hybridized carbons (Fsp3) is 1.00. The van der Waals surface area contributed by atoms with Gasteiger partial charge in [0.15, 0.2) is 0 Å². The number of nitrogens with two attached hydrogens (primary N) is 1. The first-order valence-corrected chi connectivity index (χ1v) is 9.09. The molecule has 1 radical (unpaired) electrons. The van der Waals surface area contributed by atoms with Crippen molar-refractivity contribution in [3.63, 3.8) is 0 Å². The Kier molecular flexibility index (Phi) is 7.61. The molecule has 15 heavy (non-hydrogen) atoms. The summed E-state index contributed by atoms with van der Waals surface area (Å²) < 4.78 is 21.5. The second-order valence-corrected chi connectivity index (χ2v) is 8.63. The molecule has 7 heteroatoms. The molecule has 0 aliphatic rings. The summed E-state index contributed by atoms with van der Waals surface area (Å²) in [6.07, 6.45) is 0.812. The van der Waals surface area contributed by atoms with Crippen LogP contribution < -0.4 is 5.73 Å². The Labute approximate surface area is 94.9 Å². The average molecular weight is 252 g/mol. The van der Waals surface area contributed by atoms with E-state index in [1.807, 2.05) is 0 Å². The summed E-state index contributed by atoms with van der Waals surface area (Å²) in [5.41, 5.74) is 5.64. The molecule has 0 heterocycles. The third kappa shape index (κ3) is 4.72. The summed E-state index contributed by atoms with van der Waals surface area (Å²) in [6, 6.07) is 0. The average Bonchev–Trinajstić information content (AvgIpc) is 2.24. The molecule has 0 aromatic carbocycles. The van der Waals surface area contributed by atoms with Gasteiger partial charge in [-0.3, -0.25) is 0 Å². The molecule has 0 rings (SSSR count). The van der Waals surface area contributed by atoms with Crippen LogP contribution in [0.5, 0.6) is 0 Å². The highest BCUT2D eigenvalue weighted by molar-refractivity contribution is 6.60. The molecule has 5 nitrogen and oxygen atoms in total. The monoisotopic (exact) mass is 252 g/mol. The number of hydrogen-bond donors (Lipinski definition) is 1. The van der Waals surface area contributed by atoms with Crippen molar-refractivity contribution < 1.29 is 17.7 Å². The largest absolute Gasteiger partial charge is 0.678 e. The van der Waals surface area contributed by atoms with Gasteiger partial charge in [0.05, 0.1) is 8.80 Å². The zero-order valence-electron chi connectivity index (χ0n) is 10.2. The van der Waals surface area contributed by atoms with Crippen LogP contribution in [0.1, 0.15) is 6.42 Å². The van der Waals surface area contributed by atoms with Crippen molar-refractivity contribution in [1.29, 1.82) is 0 Å². The lowest BCUT2D eigenvalue weighted by Crippen LogP contribution is -2.51. The summed E-state index contributed by atoms with van der Waals surface area (Å²) in [5, 5.41) is 0. The van der Waals surface area contributed by atoms with E-state index in [2.05, 4.69) is 13.1 Å². The van der Waals surface area contributed by atoms with Gasteiger partial charge < -0.3 is 23.4 Å². The molecule has 0 saturated heterocycles. The summed E-state index contributed by atoms with van der Waals surface area (Å²) in [4.78, 5) is 0. The maximum absolute atomic E-state index is 5.83. The van der Waals surface area contributed by atoms with E-state index in [4.69, 9.17) is 23.4 Å². The number of hydrogen-bond acceptors (Lipinski definition) is 5. The molecular weight excluding hydrogens is 230 g/mol. The van der Waals surface area contributed by atoms with Crippen molar-refractivity contribution >= 4 is 17.8 Å². The molecule has 1 atom stereocenters. The van der Waals surface area contributed by atoms with Crippen LogP contribution in [-0.2, 0) is 17.7 Å². The van der Waals surface area contributed by atoms with E-state index in [-0.39, 0.29) is 5.73 Å². The molecule has 0 amide bonds.